The molecule has 0 bridgehead atoms. The van der Waals surface area contributed by atoms with Crippen molar-refractivity contribution in [1.82, 2.24) is 9.97 Å². The van der Waals surface area contributed by atoms with Crippen molar-refractivity contribution in [3.8, 4) is 5.75 Å². The van der Waals surface area contributed by atoms with E-state index in [1.54, 1.807) is 24.5 Å². The largest absolute Gasteiger partial charge is 0.435 e. The maximum Gasteiger partial charge on any atom is 0.387 e. The monoisotopic (exact) mass is 239 g/mol. The Bertz CT molecular complexity index is 459. The SMILES string of the molecule is FC(F)Oc1cccc(NCc2ncc[nH]2)c1. The lowest BCUT2D eigenvalue weighted by atomic mass is 10.3. The van der Waals surface area contributed by atoms with Crippen LogP contribution in [0.4, 0.5) is 14.5 Å². The summed E-state index contributed by atoms with van der Waals surface area (Å²) in [5.41, 5.74) is 0.694. The van der Waals surface area contributed by atoms with Crippen molar-refractivity contribution < 1.29 is 13.5 Å². The quantitative estimate of drug-likeness (QED) is 0.843. The summed E-state index contributed by atoms with van der Waals surface area (Å²) >= 11 is 0. The number of nitrogens with zero attached hydrogens (tertiary/aromatic N) is 1. The molecule has 1 heterocycles. The second kappa shape index (κ2) is 5.29. The number of H-pyrrole nitrogens is 1. The fraction of sp³-hybridized carbons (Fsp3) is 0.182. The molecule has 4 nitrogen and oxygen atoms in total. The number of ether oxygens (including phenoxy) is 1. The minimum atomic E-state index is -2.81. The topological polar surface area (TPSA) is 49.9 Å². The number of nitrogens with one attached hydrogen (secondary N) is 2. The Balaban J connectivity index is 1.96. The molecule has 6 heteroatoms. The van der Waals surface area contributed by atoms with Gasteiger partial charge in [-0.15, -0.1) is 0 Å². The number of anilines is 1. The summed E-state index contributed by atoms with van der Waals surface area (Å²) in [6, 6.07) is 6.39. The number of hydrogen-bond acceptors (Lipinski definition) is 3. The van der Waals surface area contributed by atoms with Gasteiger partial charge in [0, 0.05) is 24.1 Å². The van der Waals surface area contributed by atoms with Gasteiger partial charge in [-0.3, -0.25) is 0 Å². The maximum atomic E-state index is 12.0. The van der Waals surface area contributed by atoms with Gasteiger partial charge in [-0.1, -0.05) is 6.07 Å². The van der Waals surface area contributed by atoms with E-state index in [4.69, 9.17) is 0 Å². The van der Waals surface area contributed by atoms with E-state index >= 15 is 0 Å². The molecule has 2 aromatic rings. The fourth-order valence-corrected chi connectivity index (χ4v) is 1.36. The molecule has 0 saturated carbocycles. The van der Waals surface area contributed by atoms with E-state index < -0.39 is 6.61 Å². The van der Waals surface area contributed by atoms with Crippen molar-refractivity contribution in [2.75, 3.05) is 5.32 Å². The lowest BCUT2D eigenvalue weighted by molar-refractivity contribution is -0.0498. The summed E-state index contributed by atoms with van der Waals surface area (Å²) in [5, 5.41) is 3.04. The van der Waals surface area contributed by atoms with Crippen molar-refractivity contribution in [2.24, 2.45) is 0 Å². The molecule has 17 heavy (non-hydrogen) atoms. The van der Waals surface area contributed by atoms with Gasteiger partial charge in [0.15, 0.2) is 0 Å². The van der Waals surface area contributed by atoms with E-state index in [1.165, 1.54) is 12.1 Å². The van der Waals surface area contributed by atoms with Gasteiger partial charge in [-0.25, -0.2) is 4.98 Å². The Morgan fingerprint density at radius 2 is 2.29 bits per heavy atom. The van der Waals surface area contributed by atoms with Crippen LogP contribution in [0.1, 0.15) is 5.82 Å². The summed E-state index contributed by atoms with van der Waals surface area (Å²) in [7, 11) is 0. The molecule has 2 rings (SSSR count). The highest BCUT2D eigenvalue weighted by Crippen LogP contribution is 2.19. The zero-order valence-corrected chi connectivity index (χ0v) is 8.86. The fourth-order valence-electron chi connectivity index (χ4n) is 1.36. The van der Waals surface area contributed by atoms with Crippen LogP contribution >= 0.6 is 0 Å². The molecular formula is C11H11F2N3O. The number of rotatable bonds is 5. The number of imidazole rings is 1. The van der Waals surface area contributed by atoms with Crippen molar-refractivity contribution in [3.05, 3.63) is 42.5 Å². The summed E-state index contributed by atoms with van der Waals surface area (Å²) in [4.78, 5) is 6.96. The Morgan fingerprint density at radius 3 is 3.00 bits per heavy atom. The standard InChI is InChI=1S/C11H11F2N3O/c12-11(13)17-9-3-1-2-8(6-9)16-7-10-14-4-5-15-10/h1-6,11,16H,7H2,(H,14,15). The zero-order valence-electron chi connectivity index (χ0n) is 8.86. The first kappa shape index (κ1) is 11.4. The van der Waals surface area contributed by atoms with Crippen LogP contribution in [0.3, 0.4) is 0 Å². The van der Waals surface area contributed by atoms with Gasteiger partial charge in [-0.2, -0.15) is 8.78 Å². The third-order valence-corrected chi connectivity index (χ3v) is 2.07. The molecule has 0 aliphatic carbocycles. The lowest BCUT2D eigenvalue weighted by Crippen LogP contribution is -2.04. The molecule has 0 aliphatic rings. The summed E-state index contributed by atoms with van der Waals surface area (Å²) in [6.45, 7) is -2.32. The van der Waals surface area contributed by atoms with Gasteiger partial charge in [0.1, 0.15) is 11.6 Å². The second-order valence-corrected chi connectivity index (χ2v) is 3.30. The van der Waals surface area contributed by atoms with Crippen molar-refractivity contribution in [2.45, 2.75) is 13.2 Å². The average molecular weight is 239 g/mol. The highest BCUT2D eigenvalue weighted by molar-refractivity contribution is 5.48. The van der Waals surface area contributed by atoms with Crippen LogP contribution < -0.4 is 10.1 Å². The molecule has 90 valence electrons. The molecule has 0 aliphatic heterocycles. The molecule has 0 amide bonds. The van der Waals surface area contributed by atoms with Crippen LogP contribution in [0, 0.1) is 0 Å². The molecule has 0 atom stereocenters. The number of halogens is 2. The van der Waals surface area contributed by atoms with Gasteiger partial charge in [0.05, 0.1) is 6.54 Å². The zero-order chi connectivity index (χ0) is 12.1. The van der Waals surface area contributed by atoms with Crippen LogP contribution in [0.5, 0.6) is 5.75 Å². The maximum absolute atomic E-state index is 12.0. The first-order valence-electron chi connectivity index (χ1n) is 5.01. The molecule has 2 N–H and O–H groups in total. The highest BCUT2D eigenvalue weighted by atomic mass is 19.3. The van der Waals surface area contributed by atoms with Crippen LogP contribution in [0.25, 0.3) is 0 Å². The van der Waals surface area contributed by atoms with Crippen molar-refractivity contribution in [3.63, 3.8) is 0 Å². The Hall–Kier alpha value is -2.11. The van der Waals surface area contributed by atoms with E-state index in [1.807, 2.05) is 0 Å². The average Bonchev–Trinajstić information content (AvgIpc) is 2.79. The van der Waals surface area contributed by atoms with E-state index in [0.717, 1.165) is 5.82 Å². The van der Waals surface area contributed by atoms with Gasteiger partial charge in [0.2, 0.25) is 0 Å². The molecule has 0 spiro atoms. The third-order valence-electron chi connectivity index (χ3n) is 2.07. The molecule has 1 aromatic heterocycles. The predicted octanol–water partition coefficient (Wildman–Crippen LogP) is 2.62. The summed E-state index contributed by atoms with van der Waals surface area (Å²) < 4.78 is 28.3. The normalized spacial score (nSPS) is 10.5. The van der Waals surface area contributed by atoms with E-state index in [0.29, 0.717) is 12.2 Å². The van der Waals surface area contributed by atoms with E-state index in [-0.39, 0.29) is 5.75 Å². The van der Waals surface area contributed by atoms with E-state index in [2.05, 4.69) is 20.0 Å². The summed E-state index contributed by atoms with van der Waals surface area (Å²) in [6.07, 6.45) is 3.36. The molecule has 0 fully saturated rings. The van der Waals surface area contributed by atoms with E-state index in [9.17, 15) is 8.78 Å². The Labute approximate surface area is 96.6 Å². The molecule has 0 saturated heterocycles. The number of aromatic nitrogens is 2. The molecule has 1 aromatic carbocycles. The Kier molecular flexibility index (Phi) is 3.54. The third kappa shape index (κ3) is 3.44. The lowest BCUT2D eigenvalue weighted by Gasteiger charge is -2.08. The molecule has 0 radical (unpaired) electrons. The van der Waals surface area contributed by atoms with Crippen LogP contribution in [-0.4, -0.2) is 16.6 Å². The highest BCUT2D eigenvalue weighted by Gasteiger charge is 2.04. The smallest absolute Gasteiger partial charge is 0.387 e. The van der Waals surface area contributed by atoms with Crippen LogP contribution in [-0.2, 0) is 6.54 Å². The van der Waals surface area contributed by atoms with Gasteiger partial charge < -0.3 is 15.0 Å². The first-order chi connectivity index (χ1) is 8.24. The van der Waals surface area contributed by atoms with Gasteiger partial charge in [0.25, 0.3) is 0 Å². The Morgan fingerprint density at radius 1 is 1.41 bits per heavy atom. The molecule has 0 unspecified atom stereocenters. The van der Waals surface area contributed by atoms with Crippen LogP contribution in [0.15, 0.2) is 36.7 Å². The van der Waals surface area contributed by atoms with Crippen molar-refractivity contribution >= 4 is 5.69 Å². The molecular weight excluding hydrogens is 228 g/mol. The van der Waals surface area contributed by atoms with Crippen LogP contribution in [0.2, 0.25) is 0 Å². The minimum Gasteiger partial charge on any atom is -0.435 e. The number of hydrogen-bond donors (Lipinski definition) is 2. The first-order valence-corrected chi connectivity index (χ1v) is 5.01. The number of benzene rings is 1. The minimum absolute atomic E-state index is 0.129. The van der Waals surface area contributed by atoms with Gasteiger partial charge in [-0.05, 0) is 12.1 Å². The summed E-state index contributed by atoms with van der Waals surface area (Å²) in [5.74, 6) is 0.898. The second-order valence-electron chi connectivity index (χ2n) is 3.30. The number of alkyl halides is 2. The predicted molar refractivity (Wildman–Crippen MR) is 59.0 cm³/mol. The van der Waals surface area contributed by atoms with Crippen molar-refractivity contribution in [1.29, 1.82) is 0 Å². The van der Waals surface area contributed by atoms with Gasteiger partial charge >= 0.3 is 6.61 Å². The number of aromatic amines is 1.